The van der Waals surface area contributed by atoms with E-state index in [1.807, 2.05) is 0 Å². The number of carbonyl (C=O) groups excluding carboxylic acids is 1. The van der Waals surface area contributed by atoms with E-state index in [1.54, 1.807) is 24.4 Å². The second kappa shape index (κ2) is 6.02. The number of nitro groups is 1. The van der Waals surface area contributed by atoms with E-state index in [0.717, 1.165) is 0 Å². The van der Waals surface area contributed by atoms with Crippen LogP contribution in [0, 0.1) is 17.0 Å². The Hall–Kier alpha value is -1.25. The molecule has 0 atom stereocenters. The second-order valence-electron chi connectivity index (χ2n) is 3.93. The molecule has 5 nitrogen and oxygen atoms in total. The van der Waals surface area contributed by atoms with Crippen molar-refractivity contribution < 1.29 is 9.72 Å². The lowest BCUT2D eigenvalue weighted by Crippen LogP contribution is -2.11. The predicted molar refractivity (Wildman–Crippen MR) is 85.5 cm³/mol. The van der Waals surface area contributed by atoms with Gasteiger partial charge >= 0.3 is 0 Å². The molecule has 1 heterocycles. The Morgan fingerprint density at radius 3 is 2.60 bits per heavy atom. The summed E-state index contributed by atoms with van der Waals surface area (Å²) < 4.78 is 1.29. The monoisotopic (exact) mass is 418 g/mol. The summed E-state index contributed by atoms with van der Waals surface area (Å²) in [6, 6.07) is 4.72. The maximum absolute atomic E-state index is 12.1. The minimum absolute atomic E-state index is 0.0336. The predicted octanol–water partition coefficient (Wildman–Crippen LogP) is 4.74. The van der Waals surface area contributed by atoms with Crippen molar-refractivity contribution in [3.8, 4) is 0 Å². The summed E-state index contributed by atoms with van der Waals surface area (Å²) in [6.07, 6.45) is 0. The van der Waals surface area contributed by atoms with Gasteiger partial charge in [0.15, 0.2) is 0 Å². The van der Waals surface area contributed by atoms with Crippen LogP contribution in [0.5, 0.6) is 0 Å². The van der Waals surface area contributed by atoms with Crippen molar-refractivity contribution in [2.45, 2.75) is 6.92 Å². The molecule has 0 spiro atoms. The molecule has 0 unspecified atom stereocenters. The van der Waals surface area contributed by atoms with Gasteiger partial charge in [-0.25, -0.2) is 0 Å². The van der Waals surface area contributed by atoms with Gasteiger partial charge in [0.25, 0.3) is 11.6 Å². The first-order chi connectivity index (χ1) is 9.40. The van der Waals surface area contributed by atoms with E-state index in [0.29, 0.717) is 25.1 Å². The van der Waals surface area contributed by atoms with Crippen molar-refractivity contribution >= 4 is 60.5 Å². The maximum atomic E-state index is 12.1. The van der Waals surface area contributed by atoms with Gasteiger partial charge in [-0.3, -0.25) is 14.9 Å². The van der Waals surface area contributed by atoms with Gasteiger partial charge < -0.3 is 5.32 Å². The van der Waals surface area contributed by atoms with Crippen LogP contribution in [0.1, 0.15) is 15.2 Å². The standard InChI is InChI=1S/C12H8Br2N2O3S/c1-6-4-8(14)9(5-10(6)16(18)19)15-12(17)11-7(13)2-3-20-11/h2-5H,1H3,(H,15,17). The molecule has 0 aliphatic rings. The first-order valence-electron chi connectivity index (χ1n) is 5.39. The van der Waals surface area contributed by atoms with Crippen LogP contribution < -0.4 is 5.32 Å². The van der Waals surface area contributed by atoms with Gasteiger partial charge in [-0.2, -0.15) is 0 Å². The number of carbonyl (C=O) groups is 1. The molecule has 0 bridgehead atoms. The van der Waals surface area contributed by atoms with Crippen molar-refractivity contribution in [3.05, 3.63) is 53.1 Å². The fourth-order valence-electron chi connectivity index (χ4n) is 1.59. The summed E-state index contributed by atoms with van der Waals surface area (Å²) in [6.45, 7) is 1.64. The molecule has 0 aliphatic carbocycles. The number of nitrogens with one attached hydrogen (secondary N) is 1. The Morgan fingerprint density at radius 2 is 2.05 bits per heavy atom. The third-order valence-electron chi connectivity index (χ3n) is 2.55. The molecule has 1 aromatic heterocycles. The van der Waals surface area contributed by atoms with Crippen LogP contribution in [-0.4, -0.2) is 10.8 Å². The molecule has 20 heavy (non-hydrogen) atoms. The zero-order chi connectivity index (χ0) is 14.9. The minimum atomic E-state index is -0.474. The first kappa shape index (κ1) is 15.1. The number of hydrogen-bond donors (Lipinski definition) is 1. The molecule has 2 aromatic rings. The third-order valence-corrected chi connectivity index (χ3v) is 5.05. The highest BCUT2D eigenvalue weighted by Crippen LogP contribution is 2.32. The highest BCUT2D eigenvalue weighted by molar-refractivity contribution is 9.11. The van der Waals surface area contributed by atoms with Gasteiger partial charge in [-0.15, -0.1) is 11.3 Å². The fraction of sp³-hybridized carbons (Fsp3) is 0.0833. The summed E-state index contributed by atoms with van der Waals surface area (Å²) in [5.41, 5.74) is 0.860. The summed E-state index contributed by atoms with van der Waals surface area (Å²) in [4.78, 5) is 23.1. The number of nitro benzene ring substituents is 1. The minimum Gasteiger partial charge on any atom is -0.320 e. The fourth-order valence-corrected chi connectivity index (χ4v) is 3.59. The first-order valence-corrected chi connectivity index (χ1v) is 7.85. The molecule has 0 aliphatic heterocycles. The molecule has 1 N–H and O–H groups in total. The molecule has 1 aromatic carbocycles. The Morgan fingerprint density at radius 1 is 1.35 bits per heavy atom. The van der Waals surface area contributed by atoms with Gasteiger partial charge in [0.1, 0.15) is 4.88 Å². The summed E-state index contributed by atoms with van der Waals surface area (Å²) in [7, 11) is 0. The smallest absolute Gasteiger partial charge is 0.274 e. The number of rotatable bonds is 3. The number of halogens is 2. The lowest BCUT2D eigenvalue weighted by atomic mass is 10.2. The van der Waals surface area contributed by atoms with Gasteiger partial charge in [-0.05, 0) is 56.3 Å². The van der Waals surface area contributed by atoms with Gasteiger partial charge in [-0.1, -0.05) is 0 Å². The topological polar surface area (TPSA) is 72.2 Å². The lowest BCUT2D eigenvalue weighted by molar-refractivity contribution is -0.385. The van der Waals surface area contributed by atoms with Gasteiger partial charge in [0, 0.05) is 20.6 Å². The molecule has 1 amide bonds. The molecule has 104 valence electrons. The largest absolute Gasteiger partial charge is 0.320 e. The van der Waals surface area contributed by atoms with E-state index < -0.39 is 4.92 Å². The molecule has 0 saturated carbocycles. The Kier molecular flexibility index (Phi) is 4.56. The molecule has 8 heteroatoms. The summed E-state index contributed by atoms with van der Waals surface area (Å²) in [5, 5.41) is 15.4. The van der Waals surface area contributed by atoms with Crippen molar-refractivity contribution in [1.29, 1.82) is 0 Å². The normalized spacial score (nSPS) is 10.3. The molecular formula is C12H8Br2N2O3S. The van der Waals surface area contributed by atoms with E-state index in [-0.39, 0.29) is 11.6 Å². The zero-order valence-electron chi connectivity index (χ0n) is 10.1. The van der Waals surface area contributed by atoms with E-state index in [4.69, 9.17) is 0 Å². The summed E-state index contributed by atoms with van der Waals surface area (Å²) in [5.74, 6) is -0.314. The highest BCUT2D eigenvalue weighted by atomic mass is 79.9. The van der Waals surface area contributed by atoms with Crippen molar-refractivity contribution in [1.82, 2.24) is 0 Å². The van der Waals surface area contributed by atoms with Crippen LogP contribution in [-0.2, 0) is 0 Å². The van der Waals surface area contributed by atoms with E-state index in [2.05, 4.69) is 37.2 Å². The van der Waals surface area contributed by atoms with Crippen LogP contribution in [0.15, 0.2) is 32.5 Å². The molecule has 0 radical (unpaired) electrons. The molecular weight excluding hydrogens is 412 g/mol. The van der Waals surface area contributed by atoms with Crippen LogP contribution in [0.4, 0.5) is 11.4 Å². The number of amides is 1. The third kappa shape index (κ3) is 3.08. The van der Waals surface area contributed by atoms with Crippen LogP contribution in [0.2, 0.25) is 0 Å². The Labute approximate surface area is 135 Å². The SMILES string of the molecule is Cc1cc(Br)c(NC(=O)c2sccc2Br)cc1[N+](=O)[O-]. The lowest BCUT2D eigenvalue weighted by Gasteiger charge is -2.08. The summed E-state index contributed by atoms with van der Waals surface area (Å²) >= 11 is 7.86. The Bertz CT molecular complexity index is 700. The van der Waals surface area contributed by atoms with Crippen LogP contribution >= 0.6 is 43.2 Å². The number of anilines is 1. The second-order valence-corrected chi connectivity index (χ2v) is 6.55. The van der Waals surface area contributed by atoms with Crippen LogP contribution in [0.25, 0.3) is 0 Å². The number of hydrogen-bond acceptors (Lipinski definition) is 4. The molecule has 2 rings (SSSR count). The quantitative estimate of drug-likeness (QED) is 0.576. The van der Waals surface area contributed by atoms with Crippen LogP contribution in [0.3, 0.4) is 0 Å². The van der Waals surface area contributed by atoms with Crippen molar-refractivity contribution in [2.24, 2.45) is 0 Å². The van der Waals surface area contributed by atoms with E-state index in [9.17, 15) is 14.9 Å². The maximum Gasteiger partial charge on any atom is 0.274 e. The number of benzene rings is 1. The average molecular weight is 420 g/mol. The van der Waals surface area contributed by atoms with Gasteiger partial charge in [0.05, 0.1) is 10.6 Å². The van der Waals surface area contributed by atoms with Crippen molar-refractivity contribution in [2.75, 3.05) is 5.32 Å². The number of nitrogens with zero attached hydrogens (tertiary/aromatic N) is 1. The van der Waals surface area contributed by atoms with Gasteiger partial charge in [0.2, 0.25) is 0 Å². The molecule has 0 fully saturated rings. The average Bonchev–Trinajstić information content (AvgIpc) is 2.78. The van der Waals surface area contributed by atoms with E-state index >= 15 is 0 Å². The number of aryl methyl sites for hydroxylation is 1. The molecule has 0 saturated heterocycles. The number of thiophene rings is 1. The zero-order valence-corrected chi connectivity index (χ0v) is 14.1. The van der Waals surface area contributed by atoms with Crippen molar-refractivity contribution in [3.63, 3.8) is 0 Å². The highest BCUT2D eigenvalue weighted by Gasteiger charge is 2.18. The Balaban J connectivity index is 2.34. The van der Waals surface area contributed by atoms with E-state index in [1.165, 1.54) is 17.4 Å².